The van der Waals surface area contributed by atoms with E-state index in [2.05, 4.69) is 6.92 Å². The molecule has 0 aliphatic rings. The van der Waals surface area contributed by atoms with Gasteiger partial charge in [0.15, 0.2) is 0 Å². The van der Waals surface area contributed by atoms with Gasteiger partial charge in [0.05, 0.1) is 0 Å². The fourth-order valence-corrected chi connectivity index (χ4v) is 4.50. The van der Waals surface area contributed by atoms with Crippen molar-refractivity contribution in [2.24, 2.45) is 0 Å². The van der Waals surface area contributed by atoms with Crippen molar-refractivity contribution in [3.8, 4) is 17.2 Å². The molecule has 31 heavy (non-hydrogen) atoms. The summed E-state index contributed by atoms with van der Waals surface area (Å²) in [6.07, 6.45) is 13.8. The predicted molar refractivity (Wildman–Crippen MR) is 125 cm³/mol. The summed E-state index contributed by atoms with van der Waals surface area (Å²) >= 11 is 0. The quantitative estimate of drug-likeness (QED) is 0.221. The SMILES string of the molecule is CCCCCCCCCCCCCc1c(Oc2ccc(O)cc2)cccc1S(=O)(=O)O. The lowest BCUT2D eigenvalue weighted by Gasteiger charge is -2.14. The van der Waals surface area contributed by atoms with Crippen molar-refractivity contribution < 1.29 is 22.8 Å². The van der Waals surface area contributed by atoms with Crippen LogP contribution in [0.3, 0.4) is 0 Å². The summed E-state index contributed by atoms with van der Waals surface area (Å²) in [7, 11) is -4.34. The van der Waals surface area contributed by atoms with Gasteiger partial charge in [-0.3, -0.25) is 4.55 Å². The van der Waals surface area contributed by atoms with Crippen molar-refractivity contribution in [2.45, 2.75) is 88.9 Å². The van der Waals surface area contributed by atoms with Crippen LogP contribution in [-0.2, 0) is 16.5 Å². The van der Waals surface area contributed by atoms with Crippen LogP contribution in [0.5, 0.6) is 17.2 Å². The van der Waals surface area contributed by atoms with Crippen LogP contribution in [-0.4, -0.2) is 18.1 Å². The molecular weight excluding hydrogens is 412 g/mol. The normalized spacial score (nSPS) is 11.5. The highest BCUT2D eigenvalue weighted by Gasteiger charge is 2.19. The first-order chi connectivity index (χ1) is 14.9. The standard InChI is InChI=1S/C25H36O5S/c1-2-3-4-5-6-7-8-9-10-11-12-14-23-24(15-13-16-25(23)31(27,28)29)30-22-19-17-21(26)18-20-22/h13,15-20,26H,2-12,14H2,1H3,(H,27,28,29). The highest BCUT2D eigenvalue weighted by atomic mass is 32.2. The number of phenols is 1. The number of rotatable bonds is 15. The van der Waals surface area contributed by atoms with Crippen LogP contribution in [0.1, 0.15) is 83.1 Å². The van der Waals surface area contributed by atoms with Crippen LogP contribution in [0, 0.1) is 0 Å². The fraction of sp³-hybridized carbons (Fsp3) is 0.520. The molecule has 2 aromatic carbocycles. The molecule has 0 unspecified atom stereocenters. The van der Waals surface area contributed by atoms with E-state index in [1.165, 1.54) is 69.6 Å². The van der Waals surface area contributed by atoms with Gasteiger partial charge in [0.1, 0.15) is 22.1 Å². The molecule has 0 aliphatic carbocycles. The zero-order valence-corrected chi connectivity index (χ0v) is 19.4. The Bertz CT molecular complexity index is 875. The third-order valence-electron chi connectivity index (χ3n) is 5.46. The van der Waals surface area contributed by atoms with Gasteiger partial charge in [0, 0.05) is 5.56 Å². The molecule has 0 aliphatic heterocycles. The molecule has 2 rings (SSSR count). The van der Waals surface area contributed by atoms with Crippen molar-refractivity contribution in [1.82, 2.24) is 0 Å². The molecule has 0 aromatic heterocycles. The van der Waals surface area contributed by atoms with Crippen LogP contribution in [0.2, 0.25) is 0 Å². The van der Waals surface area contributed by atoms with Crippen LogP contribution < -0.4 is 4.74 Å². The third kappa shape index (κ3) is 9.32. The minimum Gasteiger partial charge on any atom is -0.508 e. The maximum Gasteiger partial charge on any atom is 0.294 e. The third-order valence-corrected chi connectivity index (χ3v) is 6.40. The minimum atomic E-state index is -4.34. The van der Waals surface area contributed by atoms with E-state index >= 15 is 0 Å². The molecule has 0 bridgehead atoms. The molecule has 0 atom stereocenters. The van der Waals surface area contributed by atoms with Crippen molar-refractivity contribution in [1.29, 1.82) is 0 Å². The second kappa shape index (κ2) is 13.4. The Balaban J connectivity index is 1.88. The summed E-state index contributed by atoms with van der Waals surface area (Å²) in [5.74, 6) is 1.03. The molecule has 0 saturated heterocycles. The van der Waals surface area contributed by atoms with Crippen molar-refractivity contribution >= 4 is 10.1 Å². The first kappa shape index (κ1) is 25.2. The molecule has 2 aromatic rings. The molecule has 0 heterocycles. The molecule has 5 nitrogen and oxygen atoms in total. The molecule has 0 saturated carbocycles. The monoisotopic (exact) mass is 448 g/mol. The van der Waals surface area contributed by atoms with Crippen molar-refractivity contribution in [3.63, 3.8) is 0 Å². The number of benzene rings is 2. The molecule has 2 N–H and O–H groups in total. The van der Waals surface area contributed by atoms with Crippen LogP contribution in [0.4, 0.5) is 0 Å². The van der Waals surface area contributed by atoms with E-state index in [1.54, 1.807) is 24.3 Å². The summed E-state index contributed by atoms with van der Waals surface area (Å²) in [4.78, 5) is -0.101. The largest absolute Gasteiger partial charge is 0.508 e. The van der Waals surface area contributed by atoms with Gasteiger partial charge in [-0.2, -0.15) is 8.42 Å². The zero-order valence-electron chi connectivity index (χ0n) is 18.6. The summed E-state index contributed by atoms with van der Waals surface area (Å²) in [6.45, 7) is 2.23. The molecule has 0 amide bonds. The van der Waals surface area contributed by atoms with Crippen molar-refractivity contribution in [2.75, 3.05) is 0 Å². The van der Waals surface area contributed by atoms with Gasteiger partial charge >= 0.3 is 0 Å². The van der Waals surface area contributed by atoms with Gasteiger partial charge in [-0.15, -0.1) is 0 Å². The van der Waals surface area contributed by atoms with E-state index in [0.29, 0.717) is 23.5 Å². The lowest BCUT2D eigenvalue weighted by Crippen LogP contribution is -2.05. The average Bonchev–Trinajstić information content (AvgIpc) is 2.73. The summed E-state index contributed by atoms with van der Waals surface area (Å²) in [6, 6.07) is 10.9. The fourth-order valence-electron chi connectivity index (χ4n) is 3.74. The van der Waals surface area contributed by atoms with Gasteiger partial charge in [0.2, 0.25) is 0 Å². The number of hydrogen-bond donors (Lipinski definition) is 2. The maximum atomic E-state index is 11.9. The summed E-state index contributed by atoms with van der Waals surface area (Å²) in [5, 5.41) is 9.43. The second-order valence-corrected chi connectivity index (χ2v) is 9.48. The van der Waals surface area contributed by atoms with Gasteiger partial charge in [-0.05, 0) is 49.2 Å². The molecule has 6 heteroatoms. The molecule has 0 radical (unpaired) electrons. The Morgan fingerprint density at radius 2 is 1.32 bits per heavy atom. The minimum absolute atomic E-state index is 0.101. The summed E-state index contributed by atoms with van der Waals surface area (Å²) in [5.41, 5.74) is 0.494. The lowest BCUT2D eigenvalue weighted by atomic mass is 10.0. The molecule has 0 spiro atoms. The van der Waals surface area contributed by atoms with E-state index in [9.17, 15) is 18.1 Å². The Kier molecular flexibility index (Phi) is 10.9. The zero-order chi connectivity index (χ0) is 22.5. The van der Waals surface area contributed by atoms with Gasteiger partial charge < -0.3 is 9.84 Å². The van der Waals surface area contributed by atoms with E-state index in [4.69, 9.17) is 4.74 Å². The second-order valence-electron chi connectivity index (χ2n) is 8.09. The Hall–Kier alpha value is -2.05. The number of hydrogen-bond acceptors (Lipinski definition) is 4. The highest BCUT2D eigenvalue weighted by molar-refractivity contribution is 7.85. The van der Waals surface area contributed by atoms with Gasteiger partial charge in [-0.1, -0.05) is 77.2 Å². The Morgan fingerprint density at radius 3 is 1.87 bits per heavy atom. The Morgan fingerprint density at radius 1 is 0.774 bits per heavy atom. The topological polar surface area (TPSA) is 83.8 Å². The van der Waals surface area contributed by atoms with Crippen LogP contribution in [0.25, 0.3) is 0 Å². The van der Waals surface area contributed by atoms with E-state index in [1.807, 2.05) is 0 Å². The predicted octanol–water partition coefficient (Wildman–Crippen LogP) is 7.28. The Labute approximate surface area is 187 Å². The van der Waals surface area contributed by atoms with Gasteiger partial charge in [0.25, 0.3) is 10.1 Å². The lowest BCUT2D eigenvalue weighted by molar-refractivity contribution is 0.456. The first-order valence-electron chi connectivity index (χ1n) is 11.5. The van der Waals surface area contributed by atoms with Crippen molar-refractivity contribution in [3.05, 3.63) is 48.0 Å². The number of unbranched alkanes of at least 4 members (excludes halogenated alkanes) is 10. The number of aromatic hydroxyl groups is 1. The summed E-state index contributed by atoms with van der Waals surface area (Å²) < 4.78 is 39.3. The van der Waals surface area contributed by atoms with E-state index < -0.39 is 10.1 Å². The number of phenolic OH excluding ortho intramolecular Hbond substituents is 1. The smallest absolute Gasteiger partial charge is 0.294 e. The van der Waals surface area contributed by atoms with Gasteiger partial charge in [-0.25, -0.2) is 0 Å². The first-order valence-corrected chi connectivity index (χ1v) is 12.9. The average molecular weight is 449 g/mol. The maximum absolute atomic E-state index is 11.9. The van der Waals surface area contributed by atoms with Crippen LogP contribution in [0.15, 0.2) is 47.4 Å². The van der Waals surface area contributed by atoms with E-state index in [0.717, 1.165) is 19.3 Å². The number of ether oxygens (including phenoxy) is 1. The molecular formula is C25H36O5S. The van der Waals surface area contributed by atoms with Crippen LogP contribution >= 0.6 is 0 Å². The molecule has 172 valence electrons. The highest BCUT2D eigenvalue weighted by Crippen LogP contribution is 2.32. The van der Waals surface area contributed by atoms with E-state index in [-0.39, 0.29) is 10.6 Å². The molecule has 0 fully saturated rings.